The number of halogens is 4. The minimum atomic E-state index is -4.16. The number of carbonyl (C=O) groups is 1. The fraction of sp³-hybridized carbons (Fsp3) is 0.500. The third kappa shape index (κ3) is 5.72. The van der Waals surface area contributed by atoms with Crippen LogP contribution in [0.3, 0.4) is 0 Å². The van der Waals surface area contributed by atoms with Crippen molar-refractivity contribution in [3.05, 3.63) is 58.1 Å². The van der Waals surface area contributed by atoms with Gasteiger partial charge in [0.15, 0.2) is 0 Å². The van der Waals surface area contributed by atoms with Crippen LogP contribution in [0.4, 0.5) is 24.5 Å². The van der Waals surface area contributed by atoms with Crippen LogP contribution < -0.4 is 10.2 Å². The van der Waals surface area contributed by atoms with Crippen LogP contribution in [0.15, 0.2) is 41.4 Å². The fourth-order valence-electron chi connectivity index (χ4n) is 5.62. The zero-order valence-electron chi connectivity index (χ0n) is 20.2. The van der Waals surface area contributed by atoms with Gasteiger partial charge in [0.25, 0.3) is 0 Å². The van der Waals surface area contributed by atoms with Gasteiger partial charge in [-0.15, -0.1) is 0 Å². The Balaban J connectivity index is 1.18. The number of rotatable bonds is 6. The quantitative estimate of drug-likeness (QED) is 0.458. The van der Waals surface area contributed by atoms with E-state index in [1.807, 2.05) is 18.2 Å². The van der Waals surface area contributed by atoms with Gasteiger partial charge in [-0.25, -0.2) is 0 Å². The number of hydrogen-bond acceptors (Lipinski definition) is 3. The van der Waals surface area contributed by atoms with E-state index >= 15 is 0 Å². The lowest BCUT2D eigenvalue weighted by molar-refractivity contribution is -0.184. The van der Waals surface area contributed by atoms with Crippen molar-refractivity contribution in [3.8, 4) is 0 Å². The monoisotopic (exact) mass is 517 g/mol. The van der Waals surface area contributed by atoms with Crippen molar-refractivity contribution in [1.29, 1.82) is 0 Å². The summed E-state index contributed by atoms with van der Waals surface area (Å²) in [5.74, 6) is -1.81. The molecule has 0 unspecified atom stereocenters. The minimum absolute atomic E-state index is 0.0245. The Hall–Kier alpha value is -2.54. The Bertz CT molecular complexity index is 1150. The van der Waals surface area contributed by atoms with Crippen LogP contribution in [0.1, 0.15) is 55.2 Å². The van der Waals surface area contributed by atoms with Crippen molar-refractivity contribution < 1.29 is 18.0 Å². The molecule has 3 aliphatic rings. The molecule has 0 bridgehead atoms. The fourth-order valence-corrected chi connectivity index (χ4v) is 5.80. The molecular weight excluding hydrogens is 487 g/mol. The normalized spacial score (nSPS) is 21.9. The van der Waals surface area contributed by atoms with Gasteiger partial charge in [0.2, 0.25) is 5.91 Å². The molecule has 1 saturated heterocycles. The number of amides is 1. The molecule has 4 nitrogen and oxygen atoms in total. The second kappa shape index (κ2) is 10.4. The Kier molecular flexibility index (Phi) is 7.29. The van der Waals surface area contributed by atoms with Crippen LogP contribution in [-0.4, -0.2) is 30.9 Å². The summed E-state index contributed by atoms with van der Waals surface area (Å²) in [4.78, 5) is 19.9. The summed E-state index contributed by atoms with van der Waals surface area (Å²) in [6, 6.07) is 12.2. The third-order valence-electron chi connectivity index (χ3n) is 7.75. The molecule has 36 heavy (non-hydrogen) atoms. The molecule has 0 atom stereocenters. The van der Waals surface area contributed by atoms with Gasteiger partial charge >= 0.3 is 6.18 Å². The molecule has 2 aromatic rings. The Labute approximate surface area is 214 Å². The number of anilines is 1. The van der Waals surface area contributed by atoms with Crippen LogP contribution in [0.2, 0.25) is 5.02 Å². The number of benzene rings is 2. The molecule has 1 N–H and O–H groups in total. The Morgan fingerprint density at radius 1 is 1.06 bits per heavy atom. The zero-order chi connectivity index (χ0) is 25.3. The maximum atomic E-state index is 12.9. The smallest absolute Gasteiger partial charge is 0.371 e. The van der Waals surface area contributed by atoms with Crippen molar-refractivity contribution in [2.75, 3.05) is 18.0 Å². The molecule has 1 amide bonds. The topological polar surface area (TPSA) is 44.7 Å². The molecular formula is C28H31ClF3N3O. The van der Waals surface area contributed by atoms with Gasteiger partial charge in [0.1, 0.15) is 0 Å². The molecule has 1 aliphatic carbocycles. The maximum absolute atomic E-state index is 12.9. The Morgan fingerprint density at radius 2 is 1.81 bits per heavy atom. The van der Waals surface area contributed by atoms with Crippen molar-refractivity contribution >= 4 is 34.6 Å². The highest BCUT2D eigenvalue weighted by atomic mass is 35.5. The molecule has 2 heterocycles. The highest BCUT2D eigenvalue weighted by Crippen LogP contribution is 2.39. The average Bonchev–Trinajstić information content (AvgIpc) is 3.53. The van der Waals surface area contributed by atoms with E-state index < -0.39 is 12.1 Å². The number of carbonyl (C=O) groups excluding carboxylic acids is 1. The molecule has 0 radical (unpaired) electrons. The predicted molar refractivity (Wildman–Crippen MR) is 137 cm³/mol. The largest absolute Gasteiger partial charge is 0.391 e. The van der Waals surface area contributed by atoms with E-state index in [4.69, 9.17) is 16.6 Å². The summed E-state index contributed by atoms with van der Waals surface area (Å²) in [6.45, 7) is 2.53. The predicted octanol–water partition coefficient (Wildman–Crippen LogP) is 6.80. The molecule has 0 aromatic heterocycles. The highest BCUT2D eigenvalue weighted by molar-refractivity contribution is 6.31. The van der Waals surface area contributed by atoms with Crippen molar-refractivity contribution in [2.24, 2.45) is 16.8 Å². The summed E-state index contributed by atoms with van der Waals surface area (Å²) in [5, 5.41) is 3.57. The number of alkyl halides is 3. The lowest BCUT2D eigenvalue weighted by Gasteiger charge is -2.29. The van der Waals surface area contributed by atoms with Crippen LogP contribution >= 0.6 is 11.6 Å². The third-order valence-corrected chi connectivity index (χ3v) is 8.11. The van der Waals surface area contributed by atoms with Gasteiger partial charge in [-0.1, -0.05) is 29.8 Å². The molecule has 2 fully saturated rings. The SMILES string of the molecule is O=C(NCc1ccc(Cl)c(CC2=Nc3cc(N4CCCC4)ccc3C2)c1)C1CCC(C(F)(F)F)CC1. The number of nitrogens with one attached hydrogen (secondary N) is 1. The van der Waals surface area contributed by atoms with Gasteiger partial charge in [0, 0.05) is 54.8 Å². The van der Waals surface area contributed by atoms with Gasteiger partial charge in [-0.3, -0.25) is 9.79 Å². The van der Waals surface area contributed by atoms with Crippen LogP contribution in [0.25, 0.3) is 0 Å². The number of hydrogen-bond donors (Lipinski definition) is 1. The van der Waals surface area contributed by atoms with E-state index in [0.717, 1.165) is 42.0 Å². The van der Waals surface area contributed by atoms with E-state index in [2.05, 4.69) is 28.4 Å². The zero-order valence-corrected chi connectivity index (χ0v) is 21.0. The second-order valence-corrected chi connectivity index (χ2v) is 10.7. The molecule has 1 saturated carbocycles. The average molecular weight is 518 g/mol. The van der Waals surface area contributed by atoms with Crippen molar-refractivity contribution in [1.82, 2.24) is 5.32 Å². The molecule has 2 aromatic carbocycles. The second-order valence-electron chi connectivity index (χ2n) is 10.3. The first-order valence-electron chi connectivity index (χ1n) is 12.8. The van der Waals surface area contributed by atoms with Crippen LogP contribution in [-0.2, 0) is 24.2 Å². The van der Waals surface area contributed by atoms with Crippen molar-refractivity contribution in [3.63, 3.8) is 0 Å². The van der Waals surface area contributed by atoms with E-state index in [1.165, 1.54) is 24.1 Å². The summed E-state index contributed by atoms with van der Waals surface area (Å²) < 4.78 is 38.7. The van der Waals surface area contributed by atoms with E-state index in [0.29, 0.717) is 18.0 Å². The summed E-state index contributed by atoms with van der Waals surface area (Å²) in [6.07, 6.45) is 0.350. The lowest BCUT2D eigenvalue weighted by atomic mass is 9.81. The molecule has 192 valence electrons. The number of aliphatic imine (C=N–C) groups is 1. The molecule has 5 rings (SSSR count). The first-order valence-corrected chi connectivity index (χ1v) is 13.2. The lowest BCUT2D eigenvalue weighted by Crippen LogP contribution is -2.35. The first kappa shape index (κ1) is 25.1. The number of nitrogens with zero attached hydrogens (tertiary/aromatic N) is 2. The van der Waals surface area contributed by atoms with Crippen LogP contribution in [0.5, 0.6) is 0 Å². The number of fused-ring (bicyclic) bond motifs is 1. The molecule has 0 spiro atoms. The van der Waals surface area contributed by atoms with Gasteiger partial charge in [0.05, 0.1) is 11.6 Å². The van der Waals surface area contributed by atoms with E-state index in [-0.39, 0.29) is 37.5 Å². The van der Waals surface area contributed by atoms with E-state index in [1.54, 1.807) is 0 Å². The minimum Gasteiger partial charge on any atom is -0.371 e. The van der Waals surface area contributed by atoms with Gasteiger partial charge in [-0.2, -0.15) is 13.2 Å². The van der Waals surface area contributed by atoms with Gasteiger partial charge in [-0.05, 0) is 73.4 Å². The van der Waals surface area contributed by atoms with Crippen molar-refractivity contribution in [2.45, 2.75) is 64.1 Å². The Morgan fingerprint density at radius 3 is 2.53 bits per heavy atom. The van der Waals surface area contributed by atoms with E-state index in [9.17, 15) is 18.0 Å². The summed E-state index contributed by atoms with van der Waals surface area (Å²) in [5.41, 5.74) is 6.44. The summed E-state index contributed by atoms with van der Waals surface area (Å²) in [7, 11) is 0. The maximum Gasteiger partial charge on any atom is 0.391 e. The molecule has 8 heteroatoms. The highest BCUT2D eigenvalue weighted by Gasteiger charge is 2.42. The van der Waals surface area contributed by atoms with Gasteiger partial charge < -0.3 is 10.2 Å². The molecule has 2 aliphatic heterocycles. The van der Waals surface area contributed by atoms with Crippen LogP contribution in [0, 0.1) is 11.8 Å². The standard InChI is InChI=1S/C28H31ClF3N3O/c29-25-10-3-18(17-33-27(36)19-4-7-22(8-5-19)28(30,31)32)13-21(25)15-23-14-20-6-9-24(16-26(20)34-23)35-11-1-2-12-35/h3,6,9-10,13,16,19,22H,1-2,4-5,7-8,11-12,14-15,17H2,(H,33,36). The summed E-state index contributed by atoms with van der Waals surface area (Å²) >= 11 is 6.49. The first-order chi connectivity index (χ1) is 17.3.